The van der Waals surface area contributed by atoms with Crippen LogP contribution in [-0.2, 0) is 15.7 Å². The van der Waals surface area contributed by atoms with Crippen molar-refractivity contribution in [2.45, 2.75) is 26.1 Å². The van der Waals surface area contributed by atoms with Crippen molar-refractivity contribution < 1.29 is 27.4 Å². The third-order valence-corrected chi connectivity index (χ3v) is 4.01. The van der Waals surface area contributed by atoms with E-state index in [-0.39, 0.29) is 23.4 Å². The highest BCUT2D eigenvalue weighted by molar-refractivity contribution is 7.16. The van der Waals surface area contributed by atoms with E-state index in [0.717, 1.165) is 0 Å². The quantitative estimate of drug-likeness (QED) is 0.800. The Labute approximate surface area is 123 Å². The molecule has 1 aromatic heterocycles. The van der Waals surface area contributed by atoms with Gasteiger partial charge in [-0.05, 0) is 13.8 Å². The molecule has 1 aliphatic rings. The summed E-state index contributed by atoms with van der Waals surface area (Å²) in [5, 5.41) is -0.851. The Morgan fingerprint density at radius 3 is 2.86 bits per heavy atom. The number of nitrogens with zero attached hydrogens (tertiary/aromatic N) is 2. The summed E-state index contributed by atoms with van der Waals surface area (Å²) in [5.41, 5.74) is -0.275. The van der Waals surface area contributed by atoms with Gasteiger partial charge in [-0.25, -0.2) is 9.78 Å². The lowest BCUT2D eigenvalue weighted by Crippen LogP contribution is -2.41. The third-order valence-electron chi connectivity index (χ3n) is 2.85. The highest BCUT2D eigenvalue weighted by atomic mass is 32.1. The number of thiazole rings is 1. The van der Waals surface area contributed by atoms with Crippen molar-refractivity contribution in [1.82, 2.24) is 4.98 Å². The van der Waals surface area contributed by atoms with Crippen LogP contribution in [0.5, 0.6) is 0 Å². The Hall–Kier alpha value is -1.35. The van der Waals surface area contributed by atoms with Gasteiger partial charge in [0.1, 0.15) is 5.00 Å². The molecule has 1 atom stereocenters. The summed E-state index contributed by atoms with van der Waals surface area (Å²) in [6.07, 6.45) is -4.70. The van der Waals surface area contributed by atoms with Crippen molar-refractivity contribution >= 4 is 22.3 Å². The van der Waals surface area contributed by atoms with Gasteiger partial charge in [0.25, 0.3) is 0 Å². The minimum absolute atomic E-state index is 0.0800. The number of carbonyl (C=O) groups is 1. The molecule has 5 nitrogen and oxygen atoms in total. The minimum Gasteiger partial charge on any atom is -0.461 e. The molecule has 1 fully saturated rings. The lowest BCUT2D eigenvalue weighted by Gasteiger charge is -2.31. The number of ether oxygens (including phenoxy) is 2. The first-order valence-electron chi connectivity index (χ1n) is 6.44. The van der Waals surface area contributed by atoms with Crippen LogP contribution in [0.4, 0.5) is 18.2 Å². The second kappa shape index (κ2) is 6.18. The topological polar surface area (TPSA) is 51.7 Å². The Morgan fingerprint density at radius 1 is 1.57 bits per heavy atom. The second-order valence-corrected chi connectivity index (χ2v) is 5.50. The van der Waals surface area contributed by atoms with Gasteiger partial charge in [0.05, 0.1) is 19.3 Å². The predicted molar refractivity (Wildman–Crippen MR) is 70.7 cm³/mol. The summed E-state index contributed by atoms with van der Waals surface area (Å²) >= 11 is 0.463. The number of carbonyl (C=O) groups excluding carboxylic acids is 1. The van der Waals surface area contributed by atoms with Crippen molar-refractivity contribution in [1.29, 1.82) is 0 Å². The largest absolute Gasteiger partial charge is 0.461 e. The number of halogens is 3. The van der Waals surface area contributed by atoms with Crippen molar-refractivity contribution in [2.75, 3.05) is 31.2 Å². The second-order valence-electron chi connectivity index (χ2n) is 4.52. The van der Waals surface area contributed by atoms with Crippen LogP contribution in [0.15, 0.2) is 0 Å². The van der Waals surface area contributed by atoms with Crippen molar-refractivity contribution in [2.24, 2.45) is 0 Å². The zero-order valence-corrected chi connectivity index (χ0v) is 12.4. The molecule has 21 heavy (non-hydrogen) atoms. The number of anilines is 1. The van der Waals surface area contributed by atoms with Gasteiger partial charge in [-0.15, -0.1) is 0 Å². The average Bonchev–Trinajstić information content (AvgIpc) is 2.84. The first kappa shape index (κ1) is 16.0. The number of aromatic nitrogens is 1. The van der Waals surface area contributed by atoms with Crippen LogP contribution in [0.1, 0.15) is 29.3 Å². The molecule has 1 saturated heterocycles. The molecule has 118 valence electrons. The highest BCUT2D eigenvalue weighted by Gasteiger charge is 2.39. The van der Waals surface area contributed by atoms with Crippen LogP contribution < -0.4 is 4.90 Å². The van der Waals surface area contributed by atoms with Crippen LogP contribution >= 0.6 is 11.3 Å². The molecule has 0 aliphatic carbocycles. The smallest absolute Gasteiger partial charge is 0.443 e. The van der Waals surface area contributed by atoms with Crippen LogP contribution in [0.2, 0.25) is 0 Å². The molecule has 0 bridgehead atoms. The molecule has 0 aromatic carbocycles. The summed E-state index contributed by atoms with van der Waals surface area (Å²) < 4.78 is 48.6. The van der Waals surface area contributed by atoms with Gasteiger partial charge in [0, 0.05) is 13.1 Å². The van der Waals surface area contributed by atoms with E-state index < -0.39 is 17.2 Å². The van der Waals surface area contributed by atoms with E-state index in [4.69, 9.17) is 9.47 Å². The molecule has 2 heterocycles. The van der Waals surface area contributed by atoms with Gasteiger partial charge in [-0.3, -0.25) is 0 Å². The molecular formula is C12H15F3N2O3S. The van der Waals surface area contributed by atoms with E-state index in [1.165, 1.54) is 0 Å². The van der Waals surface area contributed by atoms with E-state index in [2.05, 4.69) is 4.98 Å². The van der Waals surface area contributed by atoms with Crippen LogP contribution in [0.3, 0.4) is 0 Å². The molecule has 0 unspecified atom stereocenters. The predicted octanol–water partition coefficient (Wildman–Crippen LogP) is 2.56. The summed E-state index contributed by atoms with van der Waals surface area (Å²) in [7, 11) is 0. The summed E-state index contributed by atoms with van der Waals surface area (Å²) in [5.74, 6) is -0.835. The normalized spacial score (nSPS) is 19.7. The molecule has 0 saturated carbocycles. The Balaban J connectivity index is 2.37. The average molecular weight is 324 g/mol. The third kappa shape index (κ3) is 3.65. The van der Waals surface area contributed by atoms with Gasteiger partial charge < -0.3 is 14.4 Å². The van der Waals surface area contributed by atoms with E-state index >= 15 is 0 Å². The summed E-state index contributed by atoms with van der Waals surface area (Å²) in [6.45, 7) is 4.70. The number of esters is 1. The zero-order chi connectivity index (χ0) is 15.6. The monoisotopic (exact) mass is 324 g/mol. The Bertz CT molecular complexity index is 518. The Morgan fingerprint density at radius 2 is 2.29 bits per heavy atom. The van der Waals surface area contributed by atoms with Crippen LogP contribution in [0, 0.1) is 0 Å². The fraction of sp³-hybridized carbons (Fsp3) is 0.667. The van der Waals surface area contributed by atoms with Gasteiger partial charge in [-0.2, -0.15) is 13.2 Å². The van der Waals surface area contributed by atoms with Crippen molar-refractivity contribution in [3.8, 4) is 0 Å². The highest BCUT2D eigenvalue weighted by Crippen LogP contribution is 2.39. The number of alkyl halides is 3. The van der Waals surface area contributed by atoms with Gasteiger partial charge in [-0.1, -0.05) is 11.3 Å². The number of hydrogen-bond donors (Lipinski definition) is 0. The molecule has 2 rings (SSSR count). The number of hydrogen-bond acceptors (Lipinski definition) is 6. The summed E-state index contributed by atoms with van der Waals surface area (Å²) in [6, 6.07) is 0. The fourth-order valence-corrected chi connectivity index (χ4v) is 2.94. The molecule has 1 aliphatic heterocycles. The molecule has 0 amide bonds. The van der Waals surface area contributed by atoms with E-state index in [0.29, 0.717) is 31.0 Å². The van der Waals surface area contributed by atoms with Gasteiger partial charge >= 0.3 is 12.1 Å². The van der Waals surface area contributed by atoms with Gasteiger partial charge in [0.15, 0.2) is 5.69 Å². The standard InChI is InChI=1S/C12H15F3N2O3S/c1-3-19-10(18)8-9(17-4-5-20-7(2)6-17)21-11(16-8)12(13,14)15/h7H,3-6H2,1-2H3/t7-/m0/s1. The van der Waals surface area contributed by atoms with E-state index in [9.17, 15) is 18.0 Å². The van der Waals surface area contributed by atoms with Gasteiger partial charge in [0.2, 0.25) is 5.01 Å². The summed E-state index contributed by atoms with van der Waals surface area (Å²) in [4.78, 5) is 17.0. The molecule has 0 spiro atoms. The van der Waals surface area contributed by atoms with Crippen LogP contribution in [0.25, 0.3) is 0 Å². The maximum absolute atomic E-state index is 12.8. The maximum atomic E-state index is 12.8. The SMILES string of the molecule is CCOC(=O)c1nc(C(F)(F)F)sc1N1CCO[C@@H](C)C1. The van der Waals surface area contributed by atoms with E-state index in [1.54, 1.807) is 11.8 Å². The first-order chi connectivity index (χ1) is 9.82. The Kier molecular flexibility index (Phi) is 4.72. The molecule has 1 aromatic rings. The minimum atomic E-state index is -4.58. The lowest BCUT2D eigenvalue weighted by molar-refractivity contribution is -0.137. The van der Waals surface area contributed by atoms with Crippen molar-refractivity contribution in [3.63, 3.8) is 0 Å². The zero-order valence-electron chi connectivity index (χ0n) is 11.6. The van der Waals surface area contributed by atoms with E-state index in [1.807, 2.05) is 6.92 Å². The molecule has 0 radical (unpaired) electrons. The lowest BCUT2D eigenvalue weighted by atomic mass is 10.3. The molecular weight excluding hydrogens is 309 g/mol. The number of rotatable bonds is 3. The number of morpholine rings is 1. The maximum Gasteiger partial charge on any atom is 0.443 e. The fourth-order valence-electron chi connectivity index (χ4n) is 1.98. The first-order valence-corrected chi connectivity index (χ1v) is 7.26. The molecule has 0 N–H and O–H groups in total. The van der Waals surface area contributed by atoms with Crippen LogP contribution in [-0.4, -0.2) is 43.4 Å². The van der Waals surface area contributed by atoms with Crippen molar-refractivity contribution in [3.05, 3.63) is 10.7 Å². The molecule has 9 heteroatoms.